The van der Waals surface area contributed by atoms with Gasteiger partial charge in [0.1, 0.15) is 0 Å². The lowest BCUT2D eigenvalue weighted by molar-refractivity contribution is 0.569. The molecule has 2 heteroatoms. The molecule has 0 unspecified atom stereocenters. The molecular weight excluding hydrogens is 256 g/mol. The second-order valence-electron chi connectivity index (χ2n) is 5.89. The molecule has 116 valence electrons. The molecule has 0 aliphatic carbocycles. The summed E-state index contributed by atoms with van der Waals surface area (Å²) in [6, 6.07) is 10.1. The zero-order valence-corrected chi connectivity index (χ0v) is 14.4. The van der Waals surface area contributed by atoms with Gasteiger partial charge in [0.05, 0.1) is 0 Å². The molecule has 2 rings (SSSR count). The Morgan fingerprint density at radius 3 is 1.86 bits per heavy atom. The van der Waals surface area contributed by atoms with Crippen molar-refractivity contribution < 1.29 is 0 Å². The highest BCUT2D eigenvalue weighted by molar-refractivity contribution is 5.12. The van der Waals surface area contributed by atoms with Crippen molar-refractivity contribution >= 4 is 0 Å². The zero-order chi connectivity index (χ0) is 16.1. The minimum absolute atomic E-state index is 0.182. The largest absolute Gasteiger partial charge is 0.264 e. The van der Waals surface area contributed by atoms with E-state index in [1.807, 2.05) is 30.6 Å². The van der Waals surface area contributed by atoms with Crippen molar-refractivity contribution in [3.05, 3.63) is 60.2 Å². The van der Waals surface area contributed by atoms with E-state index < -0.39 is 0 Å². The first kappa shape index (κ1) is 19.3. The van der Waals surface area contributed by atoms with E-state index in [4.69, 9.17) is 0 Å². The Morgan fingerprint density at radius 1 is 0.905 bits per heavy atom. The third kappa shape index (κ3) is 9.78. The first-order valence-corrected chi connectivity index (χ1v) is 7.76. The smallest absolute Gasteiger partial charge is 0.0457 e. The quantitative estimate of drug-likeness (QED) is 0.697. The van der Waals surface area contributed by atoms with Crippen molar-refractivity contribution in [2.24, 2.45) is 0 Å². The lowest BCUT2D eigenvalue weighted by Crippen LogP contribution is -2.12. The average molecular weight is 286 g/mol. The molecule has 0 aromatic carbocycles. The van der Waals surface area contributed by atoms with E-state index >= 15 is 0 Å². The molecule has 0 aliphatic heterocycles. The maximum absolute atomic E-state index is 4.25. The molecule has 2 aromatic heterocycles. The molecule has 21 heavy (non-hydrogen) atoms. The molecule has 0 bridgehead atoms. The topological polar surface area (TPSA) is 25.8 Å². The minimum atomic E-state index is 0.182. The van der Waals surface area contributed by atoms with Crippen LogP contribution in [0, 0.1) is 0 Å². The molecule has 2 aromatic rings. The molecule has 0 saturated carbocycles. The van der Waals surface area contributed by atoms with E-state index in [-0.39, 0.29) is 5.41 Å². The van der Waals surface area contributed by atoms with Crippen LogP contribution in [0.4, 0.5) is 0 Å². The van der Waals surface area contributed by atoms with Crippen LogP contribution in [0.25, 0.3) is 0 Å². The normalized spacial score (nSPS) is 9.81. The first-order valence-electron chi connectivity index (χ1n) is 7.76. The van der Waals surface area contributed by atoms with Crippen LogP contribution in [-0.4, -0.2) is 9.97 Å². The molecule has 2 heterocycles. The van der Waals surface area contributed by atoms with Crippen molar-refractivity contribution in [1.82, 2.24) is 9.97 Å². The van der Waals surface area contributed by atoms with Crippen molar-refractivity contribution in [2.75, 3.05) is 0 Å². The van der Waals surface area contributed by atoms with Crippen LogP contribution in [0.5, 0.6) is 0 Å². The van der Waals surface area contributed by atoms with Gasteiger partial charge in [-0.3, -0.25) is 9.97 Å². The van der Waals surface area contributed by atoms with Gasteiger partial charge in [0.15, 0.2) is 0 Å². The van der Waals surface area contributed by atoms with Gasteiger partial charge >= 0.3 is 0 Å². The van der Waals surface area contributed by atoms with Gasteiger partial charge < -0.3 is 0 Å². The Labute approximate surface area is 130 Å². The number of rotatable bonds is 1. The SMILES string of the molecule is CC(C)(C)c1ccccn1.CCC.CCc1cccnc1. The number of aryl methyl sites for hydroxylation is 1. The summed E-state index contributed by atoms with van der Waals surface area (Å²) < 4.78 is 0. The van der Waals surface area contributed by atoms with Crippen LogP contribution in [0.3, 0.4) is 0 Å². The van der Waals surface area contributed by atoms with Crippen molar-refractivity contribution in [1.29, 1.82) is 0 Å². The van der Waals surface area contributed by atoms with Gasteiger partial charge in [0, 0.05) is 29.7 Å². The highest BCUT2D eigenvalue weighted by atomic mass is 14.7. The van der Waals surface area contributed by atoms with E-state index in [1.54, 1.807) is 6.20 Å². The van der Waals surface area contributed by atoms with Crippen molar-refractivity contribution in [3.63, 3.8) is 0 Å². The van der Waals surface area contributed by atoms with Gasteiger partial charge in [0.2, 0.25) is 0 Å². The van der Waals surface area contributed by atoms with Gasteiger partial charge in [-0.2, -0.15) is 0 Å². The average Bonchev–Trinajstić information content (AvgIpc) is 2.50. The maximum atomic E-state index is 4.25. The van der Waals surface area contributed by atoms with E-state index in [2.05, 4.69) is 63.6 Å². The van der Waals surface area contributed by atoms with Gasteiger partial charge in [-0.1, -0.05) is 60.1 Å². The van der Waals surface area contributed by atoms with Gasteiger partial charge in [-0.25, -0.2) is 0 Å². The first-order chi connectivity index (χ1) is 9.95. The molecule has 0 saturated heterocycles. The minimum Gasteiger partial charge on any atom is -0.264 e. The molecule has 0 radical (unpaired) electrons. The summed E-state index contributed by atoms with van der Waals surface area (Å²) in [6.45, 7) is 12.9. The third-order valence-corrected chi connectivity index (χ3v) is 2.56. The van der Waals surface area contributed by atoms with Gasteiger partial charge in [0.25, 0.3) is 0 Å². The summed E-state index contributed by atoms with van der Waals surface area (Å²) in [4.78, 5) is 8.21. The number of hydrogen-bond donors (Lipinski definition) is 0. The van der Waals surface area contributed by atoms with Crippen molar-refractivity contribution in [2.45, 2.75) is 59.8 Å². The summed E-state index contributed by atoms with van der Waals surface area (Å²) in [5.74, 6) is 0. The molecule has 0 spiro atoms. The van der Waals surface area contributed by atoms with Crippen molar-refractivity contribution in [3.8, 4) is 0 Å². The van der Waals surface area contributed by atoms with Crippen LogP contribution in [0.1, 0.15) is 59.2 Å². The number of pyridine rings is 2. The van der Waals surface area contributed by atoms with Gasteiger partial charge in [-0.05, 0) is 30.2 Å². The van der Waals surface area contributed by atoms with E-state index in [0.717, 1.165) is 12.1 Å². The molecular formula is C19H30N2. The fourth-order valence-electron chi connectivity index (χ4n) is 1.41. The van der Waals surface area contributed by atoms with Crippen LogP contribution in [0.2, 0.25) is 0 Å². The zero-order valence-electron chi connectivity index (χ0n) is 14.4. The van der Waals surface area contributed by atoms with E-state index in [1.165, 1.54) is 12.0 Å². The Kier molecular flexibility index (Phi) is 10.1. The fourth-order valence-corrected chi connectivity index (χ4v) is 1.41. The van der Waals surface area contributed by atoms with Crippen LogP contribution in [-0.2, 0) is 11.8 Å². The second kappa shape index (κ2) is 11.0. The molecule has 0 aliphatic rings. The summed E-state index contributed by atoms with van der Waals surface area (Å²) in [5.41, 5.74) is 2.63. The summed E-state index contributed by atoms with van der Waals surface area (Å²) in [5, 5.41) is 0. The maximum Gasteiger partial charge on any atom is 0.0457 e. The predicted molar refractivity (Wildman–Crippen MR) is 92.5 cm³/mol. The van der Waals surface area contributed by atoms with E-state index in [0.29, 0.717) is 0 Å². The number of hydrogen-bond acceptors (Lipinski definition) is 2. The second-order valence-corrected chi connectivity index (χ2v) is 5.89. The monoisotopic (exact) mass is 286 g/mol. The Bertz CT molecular complexity index is 444. The summed E-state index contributed by atoms with van der Waals surface area (Å²) in [6.07, 6.45) is 7.84. The Morgan fingerprint density at radius 2 is 1.57 bits per heavy atom. The molecule has 0 amide bonds. The predicted octanol–water partition coefficient (Wildman–Crippen LogP) is 5.44. The molecule has 0 fully saturated rings. The lowest BCUT2D eigenvalue weighted by atomic mass is 9.92. The highest BCUT2D eigenvalue weighted by Gasteiger charge is 2.13. The lowest BCUT2D eigenvalue weighted by Gasteiger charge is -2.16. The van der Waals surface area contributed by atoms with Gasteiger partial charge in [-0.15, -0.1) is 0 Å². The molecule has 0 N–H and O–H groups in total. The number of nitrogens with zero attached hydrogens (tertiary/aromatic N) is 2. The molecule has 2 nitrogen and oxygen atoms in total. The van der Waals surface area contributed by atoms with Crippen LogP contribution in [0.15, 0.2) is 48.9 Å². The summed E-state index contributed by atoms with van der Waals surface area (Å²) in [7, 11) is 0. The Hall–Kier alpha value is -1.70. The molecule has 0 atom stereocenters. The standard InChI is InChI=1S/C9H13N.C7H9N.C3H8/c1-9(2,3)8-6-4-5-7-10-8;1-2-7-4-3-5-8-6-7;1-3-2/h4-7H,1-3H3;3-6H,2H2,1H3;3H2,1-2H3. The van der Waals surface area contributed by atoms with Crippen LogP contribution < -0.4 is 0 Å². The number of aromatic nitrogens is 2. The third-order valence-electron chi connectivity index (χ3n) is 2.56. The Balaban J connectivity index is 0.000000327. The van der Waals surface area contributed by atoms with Crippen LogP contribution >= 0.6 is 0 Å². The fraction of sp³-hybridized carbons (Fsp3) is 0.474. The van der Waals surface area contributed by atoms with E-state index in [9.17, 15) is 0 Å². The summed E-state index contributed by atoms with van der Waals surface area (Å²) >= 11 is 0. The highest BCUT2D eigenvalue weighted by Crippen LogP contribution is 2.18.